The van der Waals surface area contributed by atoms with E-state index in [-0.39, 0.29) is 0 Å². The van der Waals surface area contributed by atoms with Gasteiger partial charge < -0.3 is 0 Å². The van der Waals surface area contributed by atoms with Crippen LogP contribution in [0.1, 0.15) is 132 Å². The lowest BCUT2D eigenvalue weighted by Gasteiger charge is -2.11. The standard InChI is InChI=1S/C27H48/c1-5-6-7-8-9-10-11-12-13-14-15-16-17-18-19-20-21-27-25(3)22-24(2)23-26(27)4/h22-23H,5-21H2,1-4H3. The molecule has 0 aliphatic rings. The zero-order valence-corrected chi connectivity index (χ0v) is 19.2. The molecule has 0 heteroatoms. The summed E-state index contributed by atoms with van der Waals surface area (Å²) in [5.41, 5.74) is 5.99. The Hall–Kier alpha value is -0.780. The lowest BCUT2D eigenvalue weighted by atomic mass is 9.95. The number of hydrogen-bond acceptors (Lipinski definition) is 0. The SMILES string of the molecule is CCCCCCCCCCCCCCCCCCc1c(C)cc(C)cc1C. The fourth-order valence-electron chi connectivity index (χ4n) is 4.45. The lowest BCUT2D eigenvalue weighted by molar-refractivity contribution is 0.529. The highest BCUT2D eigenvalue weighted by Gasteiger charge is 2.03. The molecule has 0 radical (unpaired) electrons. The molecule has 0 aliphatic carbocycles. The van der Waals surface area contributed by atoms with Crippen LogP contribution >= 0.6 is 0 Å². The maximum absolute atomic E-state index is 2.34. The maximum Gasteiger partial charge on any atom is -0.0274 e. The Morgan fingerprint density at radius 1 is 0.481 bits per heavy atom. The summed E-state index contributed by atoms with van der Waals surface area (Å²) in [5.74, 6) is 0. The van der Waals surface area contributed by atoms with Gasteiger partial charge >= 0.3 is 0 Å². The molecule has 0 saturated heterocycles. The van der Waals surface area contributed by atoms with E-state index < -0.39 is 0 Å². The quantitative estimate of drug-likeness (QED) is 0.239. The van der Waals surface area contributed by atoms with Crippen molar-refractivity contribution in [3.8, 4) is 0 Å². The Bertz CT molecular complexity index is 448. The third-order valence-electron chi connectivity index (χ3n) is 6.12. The van der Waals surface area contributed by atoms with Crippen molar-refractivity contribution in [3.05, 3.63) is 34.4 Å². The van der Waals surface area contributed by atoms with Crippen molar-refractivity contribution in [2.75, 3.05) is 0 Å². The first-order valence-corrected chi connectivity index (χ1v) is 12.2. The third-order valence-corrected chi connectivity index (χ3v) is 6.12. The molecule has 1 aromatic rings. The first-order chi connectivity index (χ1) is 13.1. The third kappa shape index (κ3) is 12.3. The molecule has 0 heterocycles. The fraction of sp³-hybridized carbons (Fsp3) is 0.778. The van der Waals surface area contributed by atoms with E-state index in [1.54, 1.807) is 5.56 Å². The molecule has 27 heavy (non-hydrogen) atoms. The predicted molar refractivity (Wildman–Crippen MR) is 124 cm³/mol. The van der Waals surface area contributed by atoms with Crippen molar-refractivity contribution >= 4 is 0 Å². The normalized spacial score (nSPS) is 11.3. The van der Waals surface area contributed by atoms with Crippen LogP contribution in [0, 0.1) is 20.8 Å². The summed E-state index contributed by atoms with van der Waals surface area (Å²) in [6.07, 6.45) is 24.4. The van der Waals surface area contributed by atoms with Crippen LogP contribution in [0.3, 0.4) is 0 Å². The Kier molecular flexibility index (Phi) is 14.6. The molecular formula is C27H48. The zero-order chi connectivity index (χ0) is 19.7. The fourth-order valence-corrected chi connectivity index (χ4v) is 4.45. The Labute approximate surface area is 171 Å². The largest absolute Gasteiger partial charge is 0.0654 e. The van der Waals surface area contributed by atoms with E-state index in [4.69, 9.17) is 0 Å². The van der Waals surface area contributed by atoms with Gasteiger partial charge in [-0.25, -0.2) is 0 Å². The van der Waals surface area contributed by atoms with Gasteiger partial charge in [0.25, 0.3) is 0 Å². The Balaban J connectivity index is 1.86. The van der Waals surface area contributed by atoms with Gasteiger partial charge in [-0.05, 0) is 50.3 Å². The summed E-state index contributed by atoms with van der Waals surface area (Å²) < 4.78 is 0. The van der Waals surface area contributed by atoms with E-state index in [0.29, 0.717) is 0 Å². The molecule has 0 unspecified atom stereocenters. The molecule has 1 rings (SSSR count). The van der Waals surface area contributed by atoms with Crippen molar-refractivity contribution in [2.24, 2.45) is 0 Å². The first kappa shape index (κ1) is 24.3. The van der Waals surface area contributed by atoms with Gasteiger partial charge in [0.05, 0.1) is 0 Å². The highest BCUT2D eigenvalue weighted by Crippen LogP contribution is 2.20. The number of rotatable bonds is 17. The Morgan fingerprint density at radius 2 is 0.815 bits per heavy atom. The zero-order valence-electron chi connectivity index (χ0n) is 19.2. The minimum atomic E-state index is 1.27. The van der Waals surface area contributed by atoms with Gasteiger partial charge in [-0.15, -0.1) is 0 Å². The van der Waals surface area contributed by atoms with Crippen molar-refractivity contribution in [1.82, 2.24) is 0 Å². The van der Waals surface area contributed by atoms with E-state index >= 15 is 0 Å². The van der Waals surface area contributed by atoms with Crippen LogP contribution in [-0.2, 0) is 6.42 Å². The molecule has 0 atom stereocenters. The van der Waals surface area contributed by atoms with E-state index in [1.165, 1.54) is 126 Å². The highest BCUT2D eigenvalue weighted by atomic mass is 14.1. The maximum atomic E-state index is 2.34. The smallest absolute Gasteiger partial charge is 0.0274 e. The molecular weight excluding hydrogens is 324 g/mol. The van der Waals surface area contributed by atoms with Gasteiger partial charge in [0.15, 0.2) is 0 Å². The molecule has 0 bridgehead atoms. The summed E-state index contributed by atoms with van der Waals surface area (Å²) in [7, 11) is 0. The van der Waals surface area contributed by atoms with E-state index in [0.717, 1.165) is 0 Å². The lowest BCUT2D eigenvalue weighted by Crippen LogP contribution is -1.95. The molecule has 0 saturated carbocycles. The van der Waals surface area contributed by atoms with Crippen LogP contribution in [0.2, 0.25) is 0 Å². The summed E-state index contributed by atoms with van der Waals surface area (Å²) in [6.45, 7) is 9.06. The minimum absolute atomic E-state index is 1.27. The van der Waals surface area contributed by atoms with Crippen molar-refractivity contribution in [1.29, 1.82) is 0 Å². The van der Waals surface area contributed by atoms with Gasteiger partial charge in [-0.3, -0.25) is 0 Å². The first-order valence-electron chi connectivity index (χ1n) is 12.2. The van der Waals surface area contributed by atoms with Crippen LogP contribution in [0.15, 0.2) is 12.1 Å². The second kappa shape index (κ2) is 16.2. The summed E-state index contributed by atoms with van der Waals surface area (Å²) in [5, 5.41) is 0. The molecule has 0 N–H and O–H groups in total. The molecule has 0 nitrogen and oxygen atoms in total. The van der Waals surface area contributed by atoms with Crippen molar-refractivity contribution in [2.45, 2.75) is 137 Å². The second-order valence-electron chi connectivity index (χ2n) is 8.93. The van der Waals surface area contributed by atoms with Gasteiger partial charge in [0.2, 0.25) is 0 Å². The highest BCUT2D eigenvalue weighted by molar-refractivity contribution is 5.37. The number of benzene rings is 1. The number of hydrogen-bond donors (Lipinski definition) is 0. The molecule has 0 fully saturated rings. The number of unbranched alkanes of at least 4 members (excludes halogenated alkanes) is 15. The van der Waals surface area contributed by atoms with E-state index in [1.807, 2.05) is 0 Å². The van der Waals surface area contributed by atoms with Crippen LogP contribution < -0.4 is 0 Å². The second-order valence-corrected chi connectivity index (χ2v) is 8.93. The van der Waals surface area contributed by atoms with Gasteiger partial charge in [-0.1, -0.05) is 121 Å². The van der Waals surface area contributed by atoms with Crippen LogP contribution in [0.4, 0.5) is 0 Å². The van der Waals surface area contributed by atoms with Gasteiger partial charge in [0, 0.05) is 0 Å². The van der Waals surface area contributed by atoms with Crippen LogP contribution in [-0.4, -0.2) is 0 Å². The van der Waals surface area contributed by atoms with Crippen molar-refractivity contribution < 1.29 is 0 Å². The molecule has 0 aliphatic heterocycles. The van der Waals surface area contributed by atoms with Crippen molar-refractivity contribution in [3.63, 3.8) is 0 Å². The molecule has 1 aromatic carbocycles. The summed E-state index contributed by atoms with van der Waals surface area (Å²) in [6, 6.07) is 4.68. The average molecular weight is 373 g/mol. The van der Waals surface area contributed by atoms with Gasteiger partial charge in [-0.2, -0.15) is 0 Å². The van der Waals surface area contributed by atoms with Crippen LogP contribution in [0.5, 0.6) is 0 Å². The van der Waals surface area contributed by atoms with E-state index in [9.17, 15) is 0 Å². The molecule has 0 spiro atoms. The Morgan fingerprint density at radius 3 is 1.19 bits per heavy atom. The number of aryl methyl sites for hydroxylation is 3. The van der Waals surface area contributed by atoms with E-state index in [2.05, 4.69) is 39.8 Å². The molecule has 0 aromatic heterocycles. The minimum Gasteiger partial charge on any atom is -0.0654 e. The van der Waals surface area contributed by atoms with Gasteiger partial charge in [0.1, 0.15) is 0 Å². The van der Waals surface area contributed by atoms with Crippen LogP contribution in [0.25, 0.3) is 0 Å². The monoisotopic (exact) mass is 372 g/mol. The molecule has 156 valence electrons. The summed E-state index contributed by atoms with van der Waals surface area (Å²) in [4.78, 5) is 0. The average Bonchev–Trinajstić information content (AvgIpc) is 2.63. The summed E-state index contributed by atoms with van der Waals surface area (Å²) >= 11 is 0. The topological polar surface area (TPSA) is 0 Å². The molecule has 0 amide bonds. The predicted octanol–water partition coefficient (Wildman–Crippen LogP) is 9.42.